The van der Waals surface area contributed by atoms with Crippen molar-refractivity contribution >= 4 is 17.2 Å². The van der Waals surface area contributed by atoms with E-state index < -0.39 is 0 Å². The largest absolute Gasteiger partial charge is 0.454 e. The highest BCUT2D eigenvalue weighted by Crippen LogP contribution is 2.31. The number of hydrogen-bond acceptors (Lipinski definition) is 6. The number of carbonyl (C=O) groups excluding carboxylic acids is 1. The van der Waals surface area contributed by atoms with Gasteiger partial charge < -0.3 is 19.8 Å². The molecule has 1 amide bonds. The molecule has 22 heavy (non-hydrogen) atoms. The highest BCUT2D eigenvalue weighted by molar-refractivity contribution is 7.17. The zero-order valence-corrected chi connectivity index (χ0v) is 13.0. The molecular weight excluding hydrogens is 302 g/mol. The summed E-state index contributed by atoms with van der Waals surface area (Å²) >= 11 is 1.40. The molecule has 4 heterocycles. The fourth-order valence-corrected chi connectivity index (χ4v) is 4.14. The first-order valence-electron chi connectivity index (χ1n) is 7.40. The molecule has 0 aliphatic carbocycles. The molecule has 2 N–H and O–H groups in total. The van der Waals surface area contributed by atoms with Gasteiger partial charge in [0.25, 0.3) is 5.91 Å². The van der Waals surface area contributed by atoms with Gasteiger partial charge in [-0.3, -0.25) is 4.79 Å². The lowest BCUT2D eigenvalue weighted by Crippen LogP contribution is -2.42. The van der Waals surface area contributed by atoms with Crippen LogP contribution in [0, 0.1) is 0 Å². The lowest BCUT2D eigenvalue weighted by atomic mass is 9.95. The van der Waals surface area contributed by atoms with Crippen LogP contribution in [0.4, 0.5) is 0 Å². The minimum absolute atomic E-state index is 0.0120. The van der Waals surface area contributed by atoms with Crippen molar-refractivity contribution in [2.45, 2.75) is 37.4 Å². The second-order valence-corrected chi connectivity index (χ2v) is 6.81. The van der Waals surface area contributed by atoms with Crippen LogP contribution >= 0.6 is 11.3 Å². The normalized spacial score (nSPS) is 26.3. The van der Waals surface area contributed by atoms with E-state index in [1.807, 2.05) is 12.1 Å². The summed E-state index contributed by atoms with van der Waals surface area (Å²) in [6.45, 7) is 0. The Balaban J connectivity index is 1.45. The fraction of sp³-hybridized carbons (Fsp3) is 0.467. The number of nitrogens with zero attached hydrogens (tertiary/aromatic N) is 1. The van der Waals surface area contributed by atoms with E-state index in [-0.39, 0.29) is 18.0 Å². The van der Waals surface area contributed by atoms with E-state index in [0.717, 1.165) is 17.7 Å². The molecule has 2 aliphatic heterocycles. The molecule has 0 saturated carbocycles. The third-order valence-corrected chi connectivity index (χ3v) is 5.45. The Hall–Kier alpha value is -1.86. The first-order chi connectivity index (χ1) is 10.7. The number of amides is 1. The lowest BCUT2D eigenvalue weighted by Gasteiger charge is -2.20. The molecule has 2 bridgehead atoms. The van der Waals surface area contributed by atoms with Crippen LogP contribution in [-0.4, -0.2) is 36.1 Å². The lowest BCUT2D eigenvalue weighted by molar-refractivity contribution is 0.0935. The average molecular weight is 319 g/mol. The van der Waals surface area contributed by atoms with E-state index in [2.05, 4.69) is 15.6 Å². The van der Waals surface area contributed by atoms with E-state index in [1.54, 1.807) is 6.20 Å². The van der Waals surface area contributed by atoms with Crippen LogP contribution in [0.1, 0.15) is 28.9 Å². The molecule has 2 aromatic heterocycles. The summed E-state index contributed by atoms with van der Waals surface area (Å²) in [5.74, 6) is 0.601. The highest BCUT2D eigenvalue weighted by atomic mass is 32.1. The Morgan fingerprint density at radius 2 is 2.41 bits per heavy atom. The number of aromatic nitrogens is 1. The van der Waals surface area contributed by atoms with E-state index in [1.165, 1.54) is 24.9 Å². The zero-order valence-electron chi connectivity index (χ0n) is 12.2. The van der Waals surface area contributed by atoms with E-state index >= 15 is 0 Å². The number of rotatable bonds is 4. The van der Waals surface area contributed by atoms with Crippen LogP contribution in [0.3, 0.4) is 0 Å². The quantitative estimate of drug-likeness (QED) is 0.902. The summed E-state index contributed by atoms with van der Waals surface area (Å²) in [4.78, 5) is 17.9. The monoisotopic (exact) mass is 319 g/mol. The van der Waals surface area contributed by atoms with Crippen molar-refractivity contribution in [1.82, 2.24) is 15.6 Å². The molecule has 2 aliphatic rings. The Morgan fingerprint density at radius 3 is 3.09 bits per heavy atom. The third kappa shape index (κ3) is 2.40. The van der Waals surface area contributed by atoms with Crippen molar-refractivity contribution in [2.24, 2.45) is 0 Å². The van der Waals surface area contributed by atoms with Crippen molar-refractivity contribution < 1.29 is 13.9 Å². The molecule has 2 saturated heterocycles. The minimum atomic E-state index is -0.0120. The molecule has 2 fully saturated rings. The van der Waals surface area contributed by atoms with Gasteiger partial charge in [0.05, 0.1) is 23.1 Å². The Kier molecular flexibility index (Phi) is 3.38. The number of thiophene rings is 1. The summed E-state index contributed by atoms with van der Waals surface area (Å²) < 4.78 is 10.3. The maximum atomic E-state index is 12.4. The first-order valence-corrected chi connectivity index (χ1v) is 8.21. The molecular formula is C15H17N3O3S. The van der Waals surface area contributed by atoms with Crippen LogP contribution in [0.25, 0.3) is 10.6 Å². The van der Waals surface area contributed by atoms with Gasteiger partial charge in [-0.2, -0.15) is 4.98 Å². The number of fused-ring (bicyclic) bond motifs is 2. The molecule has 0 radical (unpaired) electrons. The van der Waals surface area contributed by atoms with Crippen LogP contribution in [0.15, 0.2) is 22.7 Å². The van der Waals surface area contributed by atoms with Crippen LogP contribution in [0.5, 0.6) is 6.08 Å². The standard InChI is InChI=1S/C15H17N3O3S/c1-20-15-16-7-11(21-15)12-4-5-13(22-12)14(19)18-10-6-8-2-3-9(10)17-8/h4-5,7-10,17H,2-3,6H2,1H3,(H,18,19)/t8-,9+,10-/m1/s1. The minimum Gasteiger partial charge on any atom is -0.454 e. The topological polar surface area (TPSA) is 76.4 Å². The van der Waals surface area contributed by atoms with Crippen molar-refractivity contribution in [3.63, 3.8) is 0 Å². The molecule has 4 rings (SSSR count). The summed E-state index contributed by atoms with van der Waals surface area (Å²) in [5.41, 5.74) is 0. The van der Waals surface area contributed by atoms with Gasteiger partial charge in [0.2, 0.25) is 0 Å². The predicted octanol–water partition coefficient (Wildman–Crippen LogP) is 2.03. The van der Waals surface area contributed by atoms with Crippen LogP contribution in [-0.2, 0) is 0 Å². The second-order valence-electron chi connectivity index (χ2n) is 5.72. The number of ether oxygens (including phenoxy) is 1. The van der Waals surface area contributed by atoms with Gasteiger partial charge in [-0.15, -0.1) is 11.3 Å². The predicted molar refractivity (Wildman–Crippen MR) is 82.2 cm³/mol. The van der Waals surface area contributed by atoms with Crippen LogP contribution in [0.2, 0.25) is 0 Å². The second kappa shape index (κ2) is 5.40. The SMILES string of the molecule is COc1ncc(-c2ccc(C(=O)N[C@@H]3C[C@H]4CC[C@@H]3N4)s2)o1. The summed E-state index contributed by atoms with van der Waals surface area (Å²) in [6.07, 6.45) is 5.25. The van der Waals surface area contributed by atoms with Gasteiger partial charge in [-0.25, -0.2) is 0 Å². The van der Waals surface area contributed by atoms with Gasteiger partial charge >= 0.3 is 6.08 Å². The van der Waals surface area contributed by atoms with E-state index in [9.17, 15) is 4.79 Å². The third-order valence-electron chi connectivity index (χ3n) is 4.35. The Bertz CT molecular complexity index is 696. The molecule has 3 atom stereocenters. The average Bonchev–Trinajstić information content (AvgIpc) is 3.28. The molecule has 6 nitrogen and oxygen atoms in total. The van der Waals surface area contributed by atoms with Gasteiger partial charge in [-0.1, -0.05) is 0 Å². The molecule has 0 unspecified atom stereocenters. The van der Waals surface area contributed by atoms with Crippen molar-refractivity contribution in [2.75, 3.05) is 7.11 Å². The Morgan fingerprint density at radius 1 is 1.50 bits per heavy atom. The first kappa shape index (κ1) is 13.8. The molecule has 0 aromatic carbocycles. The summed E-state index contributed by atoms with van der Waals surface area (Å²) in [5, 5.41) is 6.67. The molecule has 116 valence electrons. The number of oxazole rings is 1. The van der Waals surface area contributed by atoms with Crippen LogP contribution < -0.4 is 15.4 Å². The molecule has 7 heteroatoms. The van der Waals surface area contributed by atoms with Gasteiger partial charge in [-0.05, 0) is 31.4 Å². The summed E-state index contributed by atoms with van der Waals surface area (Å²) in [6, 6.07) is 4.97. The maximum Gasteiger partial charge on any atom is 0.393 e. The van der Waals surface area contributed by atoms with Gasteiger partial charge in [0.15, 0.2) is 5.76 Å². The smallest absolute Gasteiger partial charge is 0.393 e. The van der Waals surface area contributed by atoms with E-state index in [0.29, 0.717) is 22.7 Å². The van der Waals surface area contributed by atoms with E-state index in [4.69, 9.17) is 9.15 Å². The maximum absolute atomic E-state index is 12.4. The van der Waals surface area contributed by atoms with Crippen molar-refractivity contribution in [3.05, 3.63) is 23.2 Å². The van der Waals surface area contributed by atoms with Gasteiger partial charge in [0.1, 0.15) is 0 Å². The highest BCUT2D eigenvalue weighted by Gasteiger charge is 2.39. The Labute approximate surface area is 131 Å². The summed E-state index contributed by atoms with van der Waals surface area (Å²) in [7, 11) is 1.51. The molecule has 2 aromatic rings. The fourth-order valence-electron chi connectivity index (χ4n) is 3.28. The number of carbonyl (C=O) groups is 1. The zero-order chi connectivity index (χ0) is 15.1. The van der Waals surface area contributed by atoms with Crippen molar-refractivity contribution in [3.8, 4) is 16.7 Å². The number of methoxy groups -OCH3 is 1. The number of hydrogen-bond donors (Lipinski definition) is 2. The van der Waals surface area contributed by atoms with Crippen molar-refractivity contribution in [1.29, 1.82) is 0 Å². The molecule has 0 spiro atoms. The van der Waals surface area contributed by atoms with Gasteiger partial charge in [0, 0.05) is 18.1 Å². The number of nitrogens with one attached hydrogen (secondary N) is 2.